The van der Waals surface area contributed by atoms with Gasteiger partial charge in [-0.25, -0.2) is 0 Å². The number of rotatable bonds is 10. The topological polar surface area (TPSA) is 76.2 Å². The van der Waals surface area contributed by atoms with Crippen LogP contribution in [0.4, 0.5) is 5.82 Å². The van der Waals surface area contributed by atoms with E-state index >= 15 is 0 Å². The van der Waals surface area contributed by atoms with Gasteiger partial charge in [0.1, 0.15) is 0 Å². The molecular formula is C69H63N7Zn. The fourth-order valence-corrected chi connectivity index (χ4v) is 11.0. The van der Waals surface area contributed by atoms with Gasteiger partial charge in [0, 0.05) is 44.6 Å². The minimum Gasteiger partial charge on any atom is -0.664 e. The van der Waals surface area contributed by atoms with E-state index in [1.165, 1.54) is 55.3 Å². The summed E-state index contributed by atoms with van der Waals surface area (Å²) in [4.78, 5) is 19.1. The molecule has 1 aliphatic heterocycles. The summed E-state index contributed by atoms with van der Waals surface area (Å²) in [6.45, 7) is 18.2. The molecule has 7 nitrogen and oxygen atoms in total. The summed E-state index contributed by atoms with van der Waals surface area (Å²) < 4.78 is 4.51. The van der Waals surface area contributed by atoms with Crippen molar-refractivity contribution < 1.29 is 19.5 Å². The molecule has 0 bridgehead atoms. The molecule has 6 heterocycles. The Morgan fingerprint density at radius 3 is 1.58 bits per heavy atom. The van der Waals surface area contributed by atoms with Gasteiger partial charge in [-0.2, -0.15) is 6.20 Å². The molecule has 0 saturated carbocycles. The summed E-state index contributed by atoms with van der Waals surface area (Å²) in [5, 5.41) is 9.28. The Kier molecular flexibility index (Phi) is 15.3. The van der Waals surface area contributed by atoms with Crippen LogP contribution in [-0.2, 0) is 19.5 Å². The second kappa shape index (κ2) is 22.6. The molecule has 11 aromatic rings. The van der Waals surface area contributed by atoms with Crippen molar-refractivity contribution in [1.82, 2.24) is 24.1 Å². The number of para-hydroxylation sites is 4. The predicted molar refractivity (Wildman–Crippen MR) is 319 cm³/mol. The van der Waals surface area contributed by atoms with E-state index in [0.29, 0.717) is 35.0 Å². The van der Waals surface area contributed by atoms with Crippen molar-refractivity contribution >= 4 is 61.1 Å². The van der Waals surface area contributed by atoms with E-state index < -0.39 is 0 Å². The molecule has 12 rings (SSSR count). The number of benzene rings is 6. The second-order valence-corrected chi connectivity index (χ2v) is 20.9. The Balaban J connectivity index is 0.000000173. The van der Waals surface area contributed by atoms with Gasteiger partial charge >= 0.3 is 19.5 Å². The third kappa shape index (κ3) is 10.4. The molecule has 376 valence electrons. The summed E-state index contributed by atoms with van der Waals surface area (Å²) >= 11 is 0. The number of aromatic nitrogens is 5. The van der Waals surface area contributed by atoms with Gasteiger partial charge in [0.25, 0.3) is 0 Å². The van der Waals surface area contributed by atoms with Crippen LogP contribution >= 0.6 is 0 Å². The molecular weight excluding hydrogens is 992 g/mol. The molecule has 0 amide bonds. The second-order valence-electron chi connectivity index (χ2n) is 20.9. The number of nitrogens with zero attached hydrogens (tertiary/aromatic N) is 7. The third-order valence-corrected chi connectivity index (χ3v) is 14.5. The average molecular weight is 1060 g/mol. The van der Waals surface area contributed by atoms with Gasteiger partial charge in [0.2, 0.25) is 0 Å². The van der Waals surface area contributed by atoms with Crippen molar-refractivity contribution in [2.45, 2.75) is 79.1 Å². The first kappa shape index (κ1) is 52.3. The fourth-order valence-electron chi connectivity index (χ4n) is 11.0. The van der Waals surface area contributed by atoms with Crippen molar-refractivity contribution in [2.75, 3.05) is 0 Å². The Morgan fingerprint density at radius 1 is 0.494 bits per heavy atom. The monoisotopic (exact) mass is 1050 g/mol. The van der Waals surface area contributed by atoms with Crippen molar-refractivity contribution in [1.29, 1.82) is 0 Å². The molecule has 5 aromatic heterocycles. The van der Waals surface area contributed by atoms with Crippen LogP contribution in [0.1, 0.15) is 113 Å². The quantitative estimate of drug-likeness (QED) is 0.128. The van der Waals surface area contributed by atoms with Crippen LogP contribution in [0, 0.1) is 0 Å². The fraction of sp³-hybridized carbons (Fsp3) is 0.174. The van der Waals surface area contributed by atoms with Gasteiger partial charge in [-0.15, -0.1) is 5.70 Å². The van der Waals surface area contributed by atoms with Crippen molar-refractivity contribution in [3.05, 3.63) is 257 Å². The van der Waals surface area contributed by atoms with E-state index in [1.807, 2.05) is 36.9 Å². The maximum Gasteiger partial charge on any atom is 2.00 e. The normalized spacial score (nSPS) is 13.3. The number of hydrogen-bond donors (Lipinski definition) is 0. The van der Waals surface area contributed by atoms with Gasteiger partial charge in [0.15, 0.2) is 0 Å². The summed E-state index contributed by atoms with van der Waals surface area (Å²) in [5.74, 6) is 2.43. The predicted octanol–water partition coefficient (Wildman–Crippen LogP) is 18.0. The first-order chi connectivity index (χ1) is 37.0. The maximum atomic E-state index is 4.88. The molecule has 77 heavy (non-hydrogen) atoms. The van der Waals surface area contributed by atoms with Gasteiger partial charge in [0.05, 0.1) is 34.3 Å². The molecule has 0 radical (unpaired) electrons. The zero-order valence-corrected chi connectivity index (χ0v) is 48.3. The minimum absolute atomic E-state index is 0. The van der Waals surface area contributed by atoms with E-state index in [1.54, 1.807) is 0 Å². The molecule has 0 aliphatic carbocycles. The first-order valence-electron chi connectivity index (χ1n) is 26.7. The first-order valence-corrected chi connectivity index (χ1v) is 26.7. The standard InChI is InChI=1S/C35H41N2.C34H22N5.Zn/c1-22(2)30-11-9-12-31(23(3)4)34(30)26-15-17-36-28(19-26)21-29-20-27(16-18-37-29)35-32(24(5)6)13-10-14-33(35)25(7)8;1-3-11-23(12-4-1)38-29-17-9-7-15-25(29)27-19-33(35-21-31(27)38)37-34-20-28-26-16-8-10-18-30(26)39(32(28)22-36-34)24-13-5-2-6-14-24;/h9-25H,1-8H3;1-22H;/q2*-1;+2/b28-21-;;. The van der Waals surface area contributed by atoms with Gasteiger partial charge in [-0.05, 0) is 123 Å². The summed E-state index contributed by atoms with van der Waals surface area (Å²) in [7, 11) is 0. The van der Waals surface area contributed by atoms with E-state index in [2.05, 4.69) is 240 Å². The Bertz CT molecular complexity index is 4040. The van der Waals surface area contributed by atoms with E-state index in [9.17, 15) is 0 Å². The molecule has 0 N–H and O–H groups in total. The third-order valence-electron chi connectivity index (χ3n) is 14.5. The van der Waals surface area contributed by atoms with Gasteiger partial charge in [-0.3, -0.25) is 9.97 Å². The Hall–Kier alpha value is -8.19. The van der Waals surface area contributed by atoms with Crippen LogP contribution in [0.25, 0.3) is 83.1 Å². The molecule has 0 fully saturated rings. The Morgan fingerprint density at radius 2 is 1.01 bits per heavy atom. The molecule has 0 saturated heterocycles. The van der Waals surface area contributed by atoms with Crippen molar-refractivity contribution in [3.8, 4) is 22.5 Å². The Labute approximate surface area is 465 Å². The van der Waals surface area contributed by atoms with Crippen molar-refractivity contribution in [3.63, 3.8) is 0 Å². The van der Waals surface area contributed by atoms with E-state index in [4.69, 9.17) is 25.3 Å². The summed E-state index contributed by atoms with van der Waals surface area (Å²) in [6, 6.07) is 59.6. The number of hydrogen-bond acceptors (Lipinski definition) is 3. The molecule has 1 aliphatic rings. The van der Waals surface area contributed by atoms with Crippen LogP contribution in [0.2, 0.25) is 0 Å². The molecule has 0 atom stereocenters. The number of allylic oxidation sites excluding steroid dienone is 3. The molecule has 8 heteroatoms. The van der Waals surface area contributed by atoms with Crippen molar-refractivity contribution in [2.24, 2.45) is 4.99 Å². The zero-order chi connectivity index (χ0) is 52.5. The molecule has 0 unspecified atom stereocenters. The van der Waals surface area contributed by atoms with Gasteiger partial charge in [-0.1, -0.05) is 201 Å². The van der Waals surface area contributed by atoms with Crippen LogP contribution in [0.3, 0.4) is 0 Å². The average Bonchev–Trinajstić information content (AvgIpc) is 3.99. The van der Waals surface area contributed by atoms with Crippen LogP contribution in [0.5, 0.6) is 0 Å². The smallest absolute Gasteiger partial charge is 0.664 e. The largest absolute Gasteiger partial charge is 2.00 e. The van der Waals surface area contributed by atoms with Gasteiger partial charge < -0.3 is 24.4 Å². The van der Waals surface area contributed by atoms with E-state index in [-0.39, 0.29) is 19.5 Å². The van der Waals surface area contributed by atoms with Crippen LogP contribution in [0.15, 0.2) is 217 Å². The minimum atomic E-state index is 0. The molecule has 0 spiro atoms. The van der Waals surface area contributed by atoms with E-state index in [0.717, 1.165) is 55.6 Å². The maximum absolute atomic E-state index is 4.88. The SMILES string of the molecule is CC(C)c1cccc(C(C)C)c1C1=C/C(=C/c2cc(-c3c(C(C)C)cccc3C(C)C)ccn2)[N-]C=C1.[Zn+2].c1ccc(-n2c3ccccc3c3cc(N=c4cc5c6ccccc6n(-c6ccccc6)c5c[n-]4)ncc32)cc1. The van der Waals surface area contributed by atoms with Crippen LogP contribution in [-0.4, -0.2) is 19.1 Å². The summed E-state index contributed by atoms with van der Waals surface area (Å²) in [6.07, 6.45) is 14.1. The zero-order valence-electron chi connectivity index (χ0n) is 45.4. The number of pyridine rings is 3. The van der Waals surface area contributed by atoms with Crippen LogP contribution < -0.4 is 10.5 Å². The summed E-state index contributed by atoms with van der Waals surface area (Å²) in [5.41, 5.74) is 19.8. The molecule has 6 aromatic carbocycles. The number of fused-ring (bicyclic) bond motifs is 6.